The van der Waals surface area contributed by atoms with Gasteiger partial charge in [-0.25, -0.2) is 0 Å². The van der Waals surface area contributed by atoms with Gasteiger partial charge in [0.15, 0.2) is 0 Å². The van der Waals surface area contributed by atoms with Crippen LogP contribution in [-0.2, 0) is 9.59 Å². The number of rotatable bonds is 1. The Kier molecular flexibility index (Phi) is 4.00. The van der Waals surface area contributed by atoms with Gasteiger partial charge in [0.25, 0.3) is 0 Å². The largest absolute Gasteiger partial charge is 0.508 e. The molecule has 5 nitrogen and oxygen atoms in total. The van der Waals surface area contributed by atoms with E-state index in [1.807, 2.05) is 6.92 Å². The fraction of sp³-hybridized carbons (Fsp3) is 0.500. The van der Waals surface area contributed by atoms with E-state index in [0.29, 0.717) is 42.9 Å². The number of aromatic hydroxyl groups is 1. The topological polar surface area (TPSA) is 69.6 Å². The maximum atomic E-state index is 12.2. The van der Waals surface area contributed by atoms with Gasteiger partial charge in [0.2, 0.25) is 11.8 Å². The summed E-state index contributed by atoms with van der Waals surface area (Å²) in [7, 11) is 0. The number of phenolic OH excluding ortho intramolecular Hbond substituents is 1. The van der Waals surface area contributed by atoms with Crippen molar-refractivity contribution in [2.75, 3.05) is 13.1 Å². The minimum Gasteiger partial charge on any atom is -0.508 e. The van der Waals surface area contributed by atoms with E-state index in [1.54, 1.807) is 17.0 Å². The summed E-state index contributed by atoms with van der Waals surface area (Å²) < 4.78 is 0. The van der Waals surface area contributed by atoms with E-state index >= 15 is 0 Å². The molecule has 2 aliphatic rings. The highest BCUT2D eigenvalue weighted by Crippen LogP contribution is 2.41. The van der Waals surface area contributed by atoms with Crippen molar-refractivity contribution >= 4 is 23.4 Å². The van der Waals surface area contributed by atoms with Crippen LogP contribution in [0.2, 0.25) is 5.02 Å². The van der Waals surface area contributed by atoms with E-state index < -0.39 is 6.04 Å². The van der Waals surface area contributed by atoms with Crippen LogP contribution in [0.25, 0.3) is 0 Å². The number of nitrogens with zero attached hydrogens (tertiary/aromatic N) is 1. The van der Waals surface area contributed by atoms with Gasteiger partial charge in [-0.05, 0) is 37.3 Å². The number of amides is 2. The van der Waals surface area contributed by atoms with Crippen molar-refractivity contribution in [3.8, 4) is 5.75 Å². The Bertz CT molecular complexity index is 632. The van der Waals surface area contributed by atoms with Gasteiger partial charge in [0, 0.05) is 25.1 Å². The highest BCUT2D eigenvalue weighted by atomic mass is 35.5. The van der Waals surface area contributed by atoms with Crippen molar-refractivity contribution in [1.29, 1.82) is 0 Å². The lowest BCUT2D eigenvalue weighted by Crippen LogP contribution is -2.50. The summed E-state index contributed by atoms with van der Waals surface area (Å²) in [5, 5.41) is 13.5. The molecule has 118 valence electrons. The lowest BCUT2D eigenvalue weighted by atomic mass is 9.84. The molecular weight excluding hydrogens is 304 g/mol. The fourth-order valence-electron chi connectivity index (χ4n) is 3.41. The van der Waals surface area contributed by atoms with Crippen molar-refractivity contribution < 1.29 is 14.7 Å². The molecule has 22 heavy (non-hydrogen) atoms. The van der Waals surface area contributed by atoms with E-state index in [0.717, 1.165) is 5.56 Å². The predicted molar refractivity (Wildman–Crippen MR) is 83.0 cm³/mol. The number of aryl methyl sites for hydroxylation is 1. The zero-order chi connectivity index (χ0) is 15.9. The normalized spacial score (nSPS) is 25.5. The summed E-state index contributed by atoms with van der Waals surface area (Å²) in [6, 6.07) is 2.95. The van der Waals surface area contributed by atoms with E-state index in [-0.39, 0.29) is 23.5 Å². The second kappa shape index (κ2) is 5.80. The Morgan fingerprint density at radius 1 is 1.36 bits per heavy atom. The van der Waals surface area contributed by atoms with Crippen molar-refractivity contribution in [2.24, 2.45) is 0 Å². The van der Waals surface area contributed by atoms with Crippen molar-refractivity contribution in [3.05, 3.63) is 28.3 Å². The average molecular weight is 323 g/mol. The highest BCUT2D eigenvalue weighted by molar-refractivity contribution is 6.32. The van der Waals surface area contributed by atoms with E-state index in [2.05, 4.69) is 5.32 Å². The molecule has 2 aliphatic heterocycles. The van der Waals surface area contributed by atoms with Crippen LogP contribution in [0.15, 0.2) is 12.1 Å². The number of hydrogen-bond acceptors (Lipinski definition) is 3. The number of fused-ring (bicyclic) bond motifs is 1. The molecule has 2 atom stereocenters. The average Bonchev–Trinajstić information content (AvgIpc) is 2.63. The molecule has 2 unspecified atom stereocenters. The summed E-state index contributed by atoms with van der Waals surface area (Å²) in [6.07, 6.45) is 1.55. The number of benzene rings is 1. The molecule has 0 saturated carbocycles. The summed E-state index contributed by atoms with van der Waals surface area (Å²) in [5.74, 6) is 0.0416. The van der Waals surface area contributed by atoms with Gasteiger partial charge >= 0.3 is 0 Å². The van der Waals surface area contributed by atoms with Crippen LogP contribution in [0.4, 0.5) is 0 Å². The number of carbonyl (C=O) groups excluding carboxylic acids is 2. The van der Waals surface area contributed by atoms with Crippen LogP contribution in [0, 0.1) is 6.92 Å². The molecule has 2 amide bonds. The first-order chi connectivity index (χ1) is 10.5. The Morgan fingerprint density at radius 2 is 2.14 bits per heavy atom. The van der Waals surface area contributed by atoms with Crippen molar-refractivity contribution in [3.63, 3.8) is 0 Å². The van der Waals surface area contributed by atoms with Gasteiger partial charge in [-0.2, -0.15) is 0 Å². The Morgan fingerprint density at radius 3 is 2.91 bits per heavy atom. The predicted octanol–water partition coefficient (Wildman–Crippen LogP) is 1.95. The summed E-state index contributed by atoms with van der Waals surface area (Å²) >= 11 is 6.36. The molecule has 1 aromatic carbocycles. The molecule has 2 N–H and O–H groups in total. The van der Waals surface area contributed by atoms with Gasteiger partial charge in [-0.15, -0.1) is 0 Å². The van der Waals surface area contributed by atoms with Gasteiger partial charge in [0.1, 0.15) is 11.8 Å². The molecule has 3 rings (SSSR count). The monoisotopic (exact) mass is 322 g/mol. The number of hydrogen-bond donors (Lipinski definition) is 2. The zero-order valence-corrected chi connectivity index (χ0v) is 13.2. The van der Waals surface area contributed by atoms with E-state index in [9.17, 15) is 14.7 Å². The van der Waals surface area contributed by atoms with Crippen LogP contribution >= 0.6 is 11.6 Å². The zero-order valence-electron chi connectivity index (χ0n) is 12.4. The van der Waals surface area contributed by atoms with Crippen molar-refractivity contribution in [1.82, 2.24) is 10.2 Å². The van der Waals surface area contributed by atoms with Crippen molar-refractivity contribution in [2.45, 2.75) is 38.1 Å². The lowest BCUT2D eigenvalue weighted by molar-refractivity contribution is -0.139. The molecule has 6 heteroatoms. The Labute approximate surface area is 134 Å². The van der Waals surface area contributed by atoms with Gasteiger partial charge in [-0.3, -0.25) is 9.59 Å². The number of carbonyl (C=O) groups is 2. The molecule has 0 aliphatic carbocycles. The molecule has 2 heterocycles. The molecule has 2 fully saturated rings. The summed E-state index contributed by atoms with van der Waals surface area (Å²) in [6.45, 7) is 2.80. The minimum absolute atomic E-state index is 0.0151. The third kappa shape index (κ3) is 2.54. The number of phenols is 1. The fourth-order valence-corrected chi connectivity index (χ4v) is 3.72. The van der Waals surface area contributed by atoms with Crippen LogP contribution < -0.4 is 5.32 Å². The van der Waals surface area contributed by atoms with Crippen LogP contribution in [0.3, 0.4) is 0 Å². The molecular formula is C16H19ClN2O3. The molecule has 0 radical (unpaired) electrons. The molecule has 0 aromatic heterocycles. The van der Waals surface area contributed by atoms with E-state index in [1.165, 1.54) is 0 Å². The second-order valence-corrected chi connectivity index (χ2v) is 6.37. The molecule has 2 saturated heterocycles. The highest BCUT2D eigenvalue weighted by Gasteiger charge is 2.39. The third-order valence-electron chi connectivity index (χ3n) is 4.62. The van der Waals surface area contributed by atoms with Gasteiger partial charge < -0.3 is 15.3 Å². The summed E-state index contributed by atoms with van der Waals surface area (Å²) in [5.41, 5.74) is 1.60. The number of piperidine rings is 1. The minimum atomic E-state index is -0.468. The Balaban J connectivity index is 1.92. The van der Waals surface area contributed by atoms with E-state index in [4.69, 9.17) is 11.6 Å². The number of nitrogens with one attached hydrogen (secondary N) is 1. The number of halogens is 1. The van der Waals surface area contributed by atoms with Gasteiger partial charge in [0.05, 0.1) is 5.02 Å². The first-order valence-electron chi connectivity index (χ1n) is 7.54. The van der Waals surface area contributed by atoms with Crippen LogP contribution in [0.1, 0.15) is 36.3 Å². The first kappa shape index (κ1) is 15.2. The lowest BCUT2D eigenvalue weighted by Gasteiger charge is -2.37. The smallest absolute Gasteiger partial charge is 0.242 e. The maximum absolute atomic E-state index is 12.2. The third-order valence-corrected chi connectivity index (χ3v) is 5.12. The molecule has 0 spiro atoms. The van der Waals surface area contributed by atoms with Crippen LogP contribution in [0.5, 0.6) is 5.75 Å². The van der Waals surface area contributed by atoms with Gasteiger partial charge in [-0.1, -0.05) is 17.7 Å². The summed E-state index contributed by atoms with van der Waals surface area (Å²) in [4.78, 5) is 26.0. The van der Waals surface area contributed by atoms with Crippen LogP contribution in [-0.4, -0.2) is 41.0 Å². The maximum Gasteiger partial charge on any atom is 0.242 e. The molecule has 0 bridgehead atoms. The standard InChI is InChI=1S/C16H19ClN2O3/c1-9-2-3-12(20)14(15(9)17)10-5-7-19-11(8-10)16(22)18-6-4-13(19)21/h2-3,10-11,20H,4-8H2,1H3,(H,18,22). The second-order valence-electron chi connectivity index (χ2n) is 5.99. The quantitative estimate of drug-likeness (QED) is 0.830. The molecule has 1 aromatic rings. The Hall–Kier alpha value is -1.75. The first-order valence-corrected chi connectivity index (χ1v) is 7.92. The SMILES string of the molecule is Cc1ccc(O)c(C2CCN3C(=O)CCNC(=O)C3C2)c1Cl.